The molecule has 0 spiro atoms. The molecule has 2 unspecified atom stereocenters. The van der Waals surface area contributed by atoms with Gasteiger partial charge in [-0.3, -0.25) is 4.90 Å². The van der Waals surface area contributed by atoms with Crippen LogP contribution in [0.5, 0.6) is 0 Å². The van der Waals surface area contributed by atoms with Crippen LogP contribution in [0.15, 0.2) is 0 Å². The van der Waals surface area contributed by atoms with Crippen LogP contribution in [0.3, 0.4) is 0 Å². The van der Waals surface area contributed by atoms with E-state index in [1.54, 1.807) is 0 Å². The minimum atomic E-state index is -0.178. The van der Waals surface area contributed by atoms with Crippen molar-refractivity contribution >= 4 is 0 Å². The SMILES string of the molecule is CC(O)CCNCC(C)N1CCCCC1. The Morgan fingerprint density at radius 1 is 1.20 bits per heavy atom. The van der Waals surface area contributed by atoms with Crippen molar-refractivity contribution in [2.75, 3.05) is 26.2 Å². The molecule has 1 fully saturated rings. The number of hydrogen-bond donors (Lipinski definition) is 2. The van der Waals surface area contributed by atoms with Crippen molar-refractivity contribution in [3.05, 3.63) is 0 Å². The molecule has 0 bridgehead atoms. The van der Waals surface area contributed by atoms with Gasteiger partial charge in [0.25, 0.3) is 0 Å². The van der Waals surface area contributed by atoms with Gasteiger partial charge < -0.3 is 10.4 Å². The zero-order valence-electron chi connectivity index (χ0n) is 10.2. The molecule has 0 aromatic heterocycles. The summed E-state index contributed by atoms with van der Waals surface area (Å²) in [5.41, 5.74) is 0. The first-order chi connectivity index (χ1) is 7.20. The van der Waals surface area contributed by atoms with Crippen molar-refractivity contribution < 1.29 is 5.11 Å². The van der Waals surface area contributed by atoms with Gasteiger partial charge in [0.2, 0.25) is 0 Å². The number of aliphatic hydroxyl groups is 1. The second-order valence-corrected chi connectivity index (χ2v) is 4.79. The summed E-state index contributed by atoms with van der Waals surface area (Å²) in [4.78, 5) is 2.57. The molecule has 2 N–H and O–H groups in total. The summed E-state index contributed by atoms with van der Waals surface area (Å²) in [5, 5.41) is 12.5. The smallest absolute Gasteiger partial charge is 0.0524 e. The van der Waals surface area contributed by atoms with E-state index in [4.69, 9.17) is 5.11 Å². The minimum absolute atomic E-state index is 0.178. The summed E-state index contributed by atoms with van der Waals surface area (Å²) in [6.45, 7) is 8.64. The summed E-state index contributed by atoms with van der Waals surface area (Å²) in [6, 6.07) is 0.638. The summed E-state index contributed by atoms with van der Waals surface area (Å²) < 4.78 is 0. The summed E-state index contributed by atoms with van der Waals surface area (Å²) in [6.07, 6.45) is 4.80. The first-order valence-corrected chi connectivity index (χ1v) is 6.33. The lowest BCUT2D eigenvalue weighted by Crippen LogP contribution is -2.43. The fourth-order valence-electron chi connectivity index (χ4n) is 2.11. The van der Waals surface area contributed by atoms with Gasteiger partial charge in [-0.05, 0) is 52.7 Å². The Morgan fingerprint density at radius 3 is 2.47 bits per heavy atom. The van der Waals surface area contributed by atoms with Gasteiger partial charge in [0.05, 0.1) is 6.10 Å². The number of piperidine rings is 1. The van der Waals surface area contributed by atoms with Crippen LogP contribution in [-0.2, 0) is 0 Å². The third kappa shape index (κ3) is 5.50. The molecule has 0 saturated carbocycles. The molecule has 15 heavy (non-hydrogen) atoms. The normalized spacial score (nSPS) is 22.6. The number of hydrogen-bond acceptors (Lipinski definition) is 3. The van der Waals surface area contributed by atoms with E-state index in [-0.39, 0.29) is 6.10 Å². The standard InChI is InChI=1S/C12H26N2O/c1-11(10-13-7-6-12(2)15)14-8-4-3-5-9-14/h11-13,15H,3-10H2,1-2H3. The largest absolute Gasteiger partial charge is 0.393 e. The predicted molar refractivity (Wildman–Crippen MR) is 64.1 cm³/mol. The van der Waals surface area contributed by atoms with Gasteiger partial charge in [0.1, 0.15) is 0 Å². The van der Waals surface area contributed by atoms with Crippen LogP contribution in [0.25, 0.3) is 0 Å². The lowest BCUT2D eigenvalue weighted by Gasteiger charge is -2.32. The fourth-order valence-corrected chi connectivity index (χ4v) is 2.11. The van der Waals surface area contributed by atoms with Gasteiger partial charge in [0, 0.05) is 12.6 Å². The lowest BCUT2D eigenvalue weighted by atomic mass is 10.1. The van der Waals surface area contributed by atoms with E-state index in [9.17, 15) is 0 Å². The van der Waals surface area contributed by atoms with Gasteiger partial charge in [-0.1, -0.05) is 6.42 Å². The maximum Gasteiger partial charge on any atom is 0.0524 e. The van der Waals surface area contributed by atoms with Crippen LogP contribution >= 0.6 is 0 Å². The van der Waals surface area contributed by atoms with Gasteiger partial charge in [-0.2, -0.15) is 0 Å². The van der Waals surface area contributed by atoms with Crippen LogP contribution in [-0.4, -0.2) is 48.3 Å². The molecule has 1 saturated heterocycles. The van der Waals surface area contributed by atoms with Crippen LogP contribution in [0.4, 0.5) is 0 Å². The van der Waals surface area contributed by atoms with Crippen LogP contribution < -0.4 is 5.32 Å². The molecule has 1 rings (SSSR count). The highest BCUT2D eigenvalue weighted by Crippen LogP contribution is 2.11. The van der Waals surface area contributed by atoms with Crippen molar-refractivity contribution in [3.63, 3.8) is 0 Å². The first-order valence-electron chi connectivity index (χ1n) is 6.33. The number of likely N-dealkylation sites (tertiary alicyclic amines) is 1. The van der Waals surface area contributed by atoms with E-state index >= 15 is 0 Å². The van der Waals surface area contributed by atoms with Gasteiger partial charge in [-0.15, -0.1) is 0 Å². The molecule has 0 aliphatic carbocycles. The predicted octanol–water partition coefficient (Wildman–Crippen LogP) is 1.22. The summed E-state index contributed by atoms with van der Waals surface area (Å²) in [5.74, 6) is 0. The Labute approximate surface area is 93.9 Å². The Balaban J connectivity index is 2.04. The van der Waals surface area contributed by atoms with Gasteiger partial charge in [-0.25, -0.2) is 0 Å². The van der Waals surface area contributed by atoms with Crippen molar-refractivity contribution in [3.8, 4) is 0 Å². The van der Waals surface area contributed by atoms with E-state index in [1.165, 1.54) is 32.4 Å². The molecule has 2 atom stereocenters. The number of aliphatic hydroxyl groups excluding tert-OH is 1. The highest BCUT2D eigenvalue weighted by molar-refractivity contribution is 4.73. The van der Waals surface area contributed by atoms with Crippen LogP contribution in [0, 0.1) is 0 Å². The third-order valence-electron chi connectivity index (χ3n) is 3.19. The van der Waals surface area contributed by atoms with E-state index in [1.807, 2.05) is 6.92 Å². The average Bonchev–Trinajstić information content (AvgIpc) is 2.25. The maximum atomic E-state index is 9.12. The molecule has 0 amide bonds. The molecule has 0 aromatic rings. The molecule has 0 radical (unpaired) electrons. The monoisotopic (exact) mass is 214 g/mol. The Bertz CT molecular complexity index is 156. The lowest BCUT2D eigenvalue weighted by molar-refractivity contribution is 0.163. The topological polar surface area (TPSA) is 35.5 Å². The van der Waals surface area contributed by atoms with Crippen molar-refractivity contribution in [2.45, 2.75) is 51.7 Å². The van der Waals surface area contributed by atoms with Crippen molar-refractivity contribution in [1.29, 1.82) is 0 Å². The van der Waals surface area contributed by atoms with Crippen LogP contribution in [0.1, 0.15) is 39.5 Å². The first kappa shape index (κ1) is 12.9. The second kappa shape index (κ2) is 7.20. The Hall–Kier alpha value is -0.120. The molecule has 1 aliphatic heterocycles. The van der Waals surface area contributed by atoms with Crippen molar-refractivity contribution in [1.82, 2.24) is 10.2 Å². The number of nitrogens with one attached hydrogen (secondary N) is 1. The second-order valence-electron chi connectivity index (χ2n) is 4.79. The third-order valence-corrected chi connectivity index (χ3v) is 3.19. The van der Waals surface area contributed by atoms with E-state index in [0.717, 1.165) is 19.5 Å². The molecule has 90 valence electrons. The van der Waals surface area contributed by atoms with Crippen molar-refractivity contribution in [2.24, 2.45) is 0 Å². The molecule has 3 heteroatoms. The number of rotatable bonds is 6. The van der Waals surface area contributed by atoms with Gasteiger partial charge in [0.15, 0.2) is 0 Å². The van der Waals surface area contributed by atoms with Gasteiger partial charge >= 0.3 is 0 Å². The molecule has 0 aromatic carbocycles. The fraction of sp³-hybridized carbons (Fsp3) is 1.00. The van der Waals surface area contributed by atoms with Crippen LogP contribution in [0.2, 0.25) is 0 Å². The summed E-state index contributed by atoms with van der Waals surface area (Å²) >= 11 is 0. The maximum absolute atomic E-state index is 9.12. The molecule has 1 heterocycles. The van der Waals surface area contributed by atoms with E-state index in [2.05, 4.69) is 17.1 Å². The Morgan fingerprint density at radius 2 is 1.87 bits per heavy atom. The molecule has 3 nitrogen and oxygen atoms in total. The molecule has 1 aliphatic rings. The molecular formula is C12H26N2O. The van der Waals surface area contributed by atoms with E-state index < -0.39 is 0 Å². The van der Waals surface area contributed by atoms with E-state index in [0.29, 0.717) is 6.04 Å². The quantitative estimate of drug-likeness (QED) is 0.653. The highest BCUT2D eigenvalue weighted by atomic mass is 16.3. The zero-order valence-corrected chi connectivity index (χ0v) is 10.2. The molecular weight excluding hydrogens is 188 g/mol. The average molecular weight is 214 g/mol. The zero-order chi connectivity index (χ0) is 11.1. The summed E-state index contributed by atoms with van der Waals surface area (Å²) in [7, 11) is 0. The number of nitrogens with zero attached hydrogens (tertiary/aromatic N) is 1. The highest BCUT2D eigenvalue weighted by Gasteiger charge is 2.15. The minimum Gasteiger partial charge on any atom is -0.393 e. The Kier molecular flexibility index (Phi) is 6.22.